The fourth-order valence-electron chi connectivity index (χ4n) is 2.96. The molecule has 144 valence electrons. The first-order chi connectivity index (χ1) is 12.2. The number of hydrogen-bond acceptors (Lipinski definition) is 3. The van der Waals surface area contributed by atoms with Crippen molar-refractivity contribution in [1.82, 2.24) is 15.1 Å². The molecule has 2 rings (SSSR count). The van der Waals surface area contributed by atoms with Gasteiger partial charge in [0.25, 0.3) is 0 Å². The lowest BCUT2D eigenvalue weighted by Crippen LogP contribution is -2.49. The molecule has 1 saturated heterocycles. The SMILES string of the molecule is CC(C)NC(=O)N(CCN1C(=O)C(C)SC1c1ccccc1Cl)C(C)C. The Morgan fingerprint density at radius 1 is 1.31 bits per heavy atom. The van der Waals surface area contributed by atoms with Crippen molar-refractivity contribution in [2.45, 2.75) is 57.3 Å². The Kier molecular flexibility index (Phi) is 7.24. The fourth-order valence-corrected chi connectivity index (χ4v) is 4.61. The molecule has 0 saturated carbocycles. The lowest BCUT2D eigenvalue weighted by molar-refractivity contribution is -0.130. The van der Waals surface area contributed by atoms with Crippen LogP contribution in [0.5, 0.6) is 0 Å². The number of carbonyl (C=O) groups is 2. The molecule has 1 aromatic carbocycles. The second-order valence-electron chi connectivity index (χ2n) is 7.08. The van der Waals surface area contributed by atoms with Gasteiger partial charge in [-0.2, -0.15) is 0 Å². The van der Waals surface area contributed by atoms with Crippen molar-refractivity contribution < 1.29 is 9.59 Å². The van der Waals surface area contributed by atoms with E-state index in [2.05, 4.69) is 5.32 Å². The van der Waals surface area contributed by atoms with Gasteiger partial charge in [0, 0.05) is 35.8 Å². The molecule has 1 fully saturated rings. The van der Waals surface area contributed by atoms with Crippen molar-refractivity contribution >= 4 is 35.3 Å². The maximum Gasteiger partial charge on any atom is 0.317 e. The summed E-state index contributed by atoms with van der Waals surface area (Å²) in [5, 5.41) is 3.36. The molecule has 1 aliphatic rings. The maximum absolute atomic E-state index is 12.7. The molecule has 2 unspecified atom stereocenters. The topological polar surface area (TPSA) is 52.7 Å². The molecule has 0 aliphatic carbocycles. The second-order valence-corrected chi connectivity index (χ2v) is 8.91. The normalized spacial score (nSPS) is 20.2. The molecule has 0 aromatic heterocycles. The molecule has 5 nitrogen and oxygen atoms in total. The van der Waals surface area contributed by atoms with Crippen molar-refractivity contribution in [3.05, 3.63) is 34.9 Å². The smallest absolute Gasteiger partial charge is 0.317 e. The lowest BCUT2D eigenvalue weighted by atomic mass is 10.2. The number of rotatable bonds is 6. The predicted octanol–water partition coefficient (Wildman–Crippen LogP) is 4.13. The van der Waals surface area contributed by atoms with E-state index in [0.717, 1.165) is 5.56 Å². The molecule has 2 atom stereocenters. The third-order valence-corrected chi connectivity index (χ3v) is 6.02. The van der Waals surface area contributed by atoms with E-state index in [1.54, 1.807) is 16.7 Å². The highest BCUT2D eigenvalue weighted by atomic mass is 35.5. The minimum Gasteiger partial charge on any atom is -0.336 e. The number of urea groups is 1. The lowest BCUT2D eigenvalue weighted by Gasteiger charge is -2.32. The van der Waals surface area contributed by atoms with Crippen LogP contribution < -0.4 is 5.32 Å². The summed E-state index contributed by atoms with van der Waals surface area (Å²) in [6.07, 6.45) is 0. The van der Waals surface area contributed by atoms with Crippen LogP contribution >= 0.6 is 23.4 Å². The fraction of sp³-hybridized carbons (Fsp3) is 0.579. The highest BCUT2D eigenvalue weighted by molar-refractivity contribution is 8.01. The van der Waals surface area contributed by atoms with Gasteiger partial charge in [-0.1, -0.05) is 29.8 Å². The van der Waals surface area contributed by atoms with Gasteiger partial charge in [-0.25, -0.2) is 4.79 Å². The van der Waals surface area contributed by atoms with Gasteiger partial charge in [0.2, 0.25) is 5.91 Å². The molecule has 3 amide bonds. The summed E-state index contributed by atoms with van der Waals surface area (Å²) in [5.74, 6) is 0.0906. The zero-order chi connectivity index (χ0) is 19.4. The first kappa shape index (κ1) is 20.9. The van der Waals surface area contributed by atoms with Gasteiger partial charge in [0.15, 0.2) is 0 Å². The van der Waals surface area contributed by atoms with Crippen LogP contribution in [0, 0.1) is 0 Å². The van der Waals surface area contributed by atoms with Crippen molar-refractivity contribution in [3.8, 4) is 0 Å². The van der Waals surface area contributed by atoms with Crippen LogP contribution in [-0.2, 0) is 4.79 Å². The largest absolute Gasteiger partial charge is 0.336 e. The molecule has 7 heteroatoms. The van der Waals surface area contributed by atoms with E-state index >= 15 is 0 Å². The number of thioether (sulfide) groups is 1. The van der Waals surface area contributed by atoms with Crippen molar-refractivity contribution in [1.29, 1.82) is 0 Å². The van der Waals surface area contributed by atoms with Crippen molar-refractivity contribution in [3.63, 3.8) is 0 Å². The van der Waals surface area contributed by atoms with Crippen LogP contribution in [0.2, 0.25) is 5.02 Å². The Labute approximate surface area is 165 Å². The monoisotopic (exact) mass is 397 g/mol. The molecule has 0 spiro atoms. The molecule has 1 aromatic rings. The van der Waals surface area contributed by atoms with Gasteiger partial charge in [0.05, 0.1) is 5.25 Å². The summed E-state index contributed by atoms with van der Waals surface area (Å²) in [6.45, 7) is 10.7. The van der Waals surface area contributed by atoms with Gasteiger partial charge in [-0.15, -0.1) is 11.8 Å². The summed E-state index contributed by atoms with van der Waals surface area (Å²) < 4.78 is 0. The zero-order valence-electron chi connectivity index (χ0n) is 16.0. The number of carbonyl (C=O) groups excluding carboxylic acids is 2. The quantitative estimate of drug-likeness (QED) is 0.785. The van der Waals surface area contributed by atoms with Crippen LogP contribution in [0.25, 0.3) is 0 Å². The van der Waals surface area contributed by atoms with E-state index < -0.39 is 0 Å². The Balaban J connectivity index is 2.15. The minimum atomic E-state index is -0.117. The summed E-state index contributed by atoms with van der Waals surface area (Å²) in [6, 6.07) is 7.65. The first-order valence-electron chi connectivity index (χ1n) is 8.99. The second kappa shape index (κ2) is 9.00. The van der Waals surface area contributed by atoms with Gasteiger partial charge < -0.3 is 15.1 Å². The number of benzene rings is 1. The predicted molar refractivity (Wildman–Crippen MR) is 108 cm³/mol. The molecule has 1 heterocycles. The van der Waals surface area contributed by atoms with Crippen LogP contribution in [-0.4, -0.2) is 52.2 Å². The third-order valence-electron chi connectivity index (χ3n) is 4.30. The number of nitrogens with one attached hydrogen (secondary N) is 1. The molecule has 1 N–H and O–H groups in total. The first-order valence-corrected chi connectivity index (χ1v) is 10.3. The Hall–Kier alpha value is -1.40. The zero-order valence-corrected chi connectivity index (χ0v) is 17.6. The molecule has 0 bridgehead atoms. The third kappa shape index (κ3) is 4.86. The van der Waals surface area contributed by atoms with Crippen LogP contribution in [0.3, 0.4) is 0 Å². The van der Waals surface area contributed by atoms with Crippen LogP contribution in [0.4, 0.5) is 4.79 Å². The Morgan fingerprint density at radius 3 is 2.54 bits per heavy atom. The number of halogens is 1. The number of amides is 3. The van der Waals surface area contributed by atoms with Gasteiger partial charge in [-0.3, -0.25) is 4.79 Å². The van der Waals surface area contributed by atoms with E-state index in [9.17, 15) is 9.59 Å². The van der Waals surface area contributed by atoms with Crippen LogP contribution in [0.1, 0.15) is 45.6 Å². The summed E-state index contributed by atoms with van der Waals surface area (Å²) in [4.78, 5) is 28.7. The van der Waals surface area contributed by atoms with E-state index in [4.69, 9.17) is 11.6 Å². The standard InChI is InChI=1S/C19H28ClN3O2S/c1-12(2)21-19(25)22(13(3)4)10-11-23-17(24)14(5)26-18(23)15-8-6-7-9-16(15)20/h6-9,12-14,18H,10-11H2,1-5H3,(H,21,25). The molecular formula is C19H28ClN3O2S. The van der Waals surface area contributed by atoms with Crippen molar-refractivity contribution in [2.75, 3.05) is 13.1 Å². The van der Waals surface area contributed by atoms with Gasteiger partial charge >= 0.3 is 6.03 Å². The summed E-state index contributed by atoms with van der Waals surface area (Å²) in [7, 11) is 0. The maximum atomic E-state index is 12.7. The Bertz CT molecular complexity index is 653. The van der Waals surface area contributed by atoms with E-state index in [-0.39, 0.29) is 34.6 Å². The Morgan fingerprint density at radius 2 is 1.96 bits per heavy atom. The summed E-state index contributed by atoms with van der Waals surface area (Å²) in [5.41, 5.74) is 0.944. The average molecular weight is 398 g/mol. The molecular weight excluding hydrogens is 370 g/mol. The molecule has 1 aliphatic heterocycles. The summed E-state index contributed by atoms with van der Waals surface area (Å²) >= 11 is 7.96. The van der Waals surface area contributed by atoms with Gasteiger partial charge in [-0.05, 0) is 40.7 Å². The number of nitrogens with zero attached hydrogens (tertiary/aromatic N) is 2. The highest BCUT2D eigenvalue weighted by Gasteiger charge is 2.39. The average Bonchev–Trinajstić information content (AvgIpc) is 2.82. The van der Waals surface area contributed by atoms with Crippen LogP contribution in [0.15, 0.2) is 24.3 Å². The minimum absolute atomic E-state index is 0.0512. The van der Waals surface area contributed by atoms with Crippen molar-refractivity contribution in [2.24, 2.45) is 0 Å². The van der Waals surface area contributed by atoms with E-state index in [1.807, 2.05) is 63.8 Å². The van der Waals surface area contributed by atoms with E-state index in [1.165, 1.54) is 0 Å². The molecule has 0 radical (unpaired) electrons. The highest BCUT2D eigenvalue weighted by Crippen LogP contribution is 2.44. The van der Waals surface area contributed by atoms with Gasteiger partial charge in [0.1, 0.15) is 5.37 Å². The number of hydrogen-bond donors (Lipinski definition) is 1. The molecule has 26 heavy (non-hydrogen) atoms. The van der Waals surface area contributed by atoms with E-state index in [0.29, 0.717) is 18.1 Å².